The van der Waals surface area contributed by atoms with Gasteiger partial charge in [-0.2, -0.15) is 0 Å². The fraction of sp³-hybridized carbons (Fsp3) is 0.583. The van der Waals surface area contributed by atoms with Crippen LogP contribution in [-0.2, 0) is 6.54 Å². The minimum Gasteiger partial charge on any atom is -0.396 e. The molecule has 0 aromatic carbocycles. The van der Waals surface area contributed by atoms with Gasteiger partial charge in [0.2, 0.25) is 0 Å². The molecule has 0 saturated carbocycles. The molecule has 1 heterocycles. The van der Waals surface area contributed by atoms with Crippen molar-refractivity contribution in [3.8, 4) is 0 Å². The zero-order chi connectivity index (χ0) is 11.1. The van der Waals surface area contributed by atoms with Gasteiger partial charge < -0.3 is 5.11 Å². The van der Waals surface area contributed by atoms with Crippen LogP contribution in [0.4, 0.5) is 0 Å². The Hall–Kier alpha value is -0.930. The number of nitrogens with zero attached hydrogens (tertiary/aromatic N) is 2. The van der Waals surface area contributed by atoms with E-state index in [1.807, 2.05) is 19.1 Å². The second-order valence-corrected chi connectivity index (χ2v) is 3.72. The molecule has 0 fully saturated rings. The number of aromatic nitrogens is 1. The normalized spacial score (nSPS) is 10.9. The zero-order valence-corrected chi connectivity index (χ0v) is 9.61. The summed E-state index contributed by atoms with van der Waals surface area (Å²) in [7, 11) is 0. The molecule has 0 aliphatic carbocycles. The van der Waals surface area contributed by atoms with E-state index in [2.05, 4.69) is 22.9 Å². The highest BCUT2D eigenvalue weighted by Crippen LogP contribution is 2.03. The Balaban J connectivity index is 2.50. The van der Waals surface area contributed by atoms with E-state index in [0.29, 0.717) is 0 Å². The van der Waals surface area contributed by atoms with Gasteiger partial charge in [0.1, 0.15) is 0 Å². The van der Waals surface area contributed by atoms with Crippen LogP contribution in [-0.4, -0.2) is 34.7 Å². The first-order valence-corrected chi connectivity index (χ1v) is 5.52. The molecule has 1 aromatic rings. The summed E-state index contributed by atoms with van der Waals surface area (Å²) in [6.07, 6.45) is 0.833. The first-order valence-electron chi connectivity index (χ1n) is 5.52. The van der Waals surface area contributed by atoms with Crippen LogP contribution in [0.15, 0.2) is 18.2 Å². The molecule has 84 valence electrons. The Morgan fingerprint density at radius 1 is 1.40 bits per heavy atom. The summed E-state index contributed by atoms with van der Waals surface area (Å²) in [5.74, 6) is 0. The number of pyridine rings is 1. The van der Waals surface area contributed by atoms with Gasteiger partial charge >= 0.3 is 0 Å². The number of aliphatic hydroxyl groups is 1. The number of hydrogen-bond donors (Lipinski definition) is 1. The second-order valence-electron chi connectivity index (χ2n) is 3.72. The summed E-state index contributed by atoms with van der Waals surface area (Å²) in [6.45, 7) is 7.20. The Morgan fingerprint density at radius 3 is 2.80 bits per heavy atom. The lowest BCUT2D eigenvalue weighted by Crippen LogP contribution is -2.25. The molecule has 0 saturated heterocycles. The van der Waals surface area contributed by atoms with Crippen LogP contribution in [0.3, 0.4) is 0 Å². The third-order valence-electron chi connectivity index (χ3n) is 2.41. The molecule has 1 rings (SSSR count). The van der Waals surface area contributed by atoms with E-state index in [4.69, 9.17) is 5.11 Å². The highest BCUT2D eigenvalue weighted by molar-refractivity contribution is 5.09. The van der Waals surface area contributed by atoms with E-state index >= 15 is 0 Å². The molecule has 15 heavy (non-hydrogen) atoms. The van der Waals surface area contributed by atoms with Crippen molar-refractivity contribution >= 4 is 0 Å². The van der Waals surface area contributed by atoms with Crippen molar-refractivity contribution < 1.29 is 5.11 Å². The highest BCUT2D eigenvalue weighted by atomic mass is 16.3. The summed E-state index contributed by atoms with van der Waals surface area (Å²) in [5, 5.41) is 8.78. The third-order valence-corrected chi connectivity index (χ3v) is 2.41. The topological polar surface area (TPSA) is 36.4 Å². The SMILES string of the molecule is CCN(CCCO)Cc1cccc(C)n1. The minimum atomic E-state index is 0.262. The Morgan fingerprint density at radius 2 is 2.20 bits per heavy atom. The Bertz CT molecular complexity index is 289. The predicted octanol–water partition coefficient (Wildman–Crippen LogP) is 1.59. The van der Waals surface area contributed by atoms with Crippen LogP contribution >= 0.6 is 0 Å². The summed E-state index contributed by atoms with van der Waals surface area (Å²) >= 11 is 0. The lowest BCUT2D eigenvalue weighted by Gasteiger charge is -2.19. The van der Waals surface area contributed by atoms with E-state index in [9.17, 15) is 0 Å². The molecular weight excluding hydrogens is 188 g/mol. The van der Waals surface area contributed by atoms with Crippen molar-refractivity contribution in [2.45, 2.75) is 26.8 Å². The van der Waals surface area contributed by atoms with Gasteiger partial charge in [-0.15, -0.1) is 0 Å². The van der Waals surface area contributed by atoms with Crippen molar-refractivity contribution in [2.24, 2.45) is 0 Å². The van der Waals surface area contributed by atoms with E-state index < -0.39 is 0 Å². The zero-order valence-electron chi connectivity index (χ0n) is 9.61. The predicted molar refractivity (Wildman–Crippen MR) is 61.6 cm³/mol. The maximum atomic E-state index is 8.78. The first-order chi connectivity index (χ1) is 7.26. The first kappa shape index (κ1) is 12.1. The molecule has 0 radical (unpaired) electrons. The van der Waals surface area contributed by atoms with Gasteiger partial charge in [0, 0.05) is 25.4 Å². The standard InChI is InChI=1S/C12H20N2O/c1-3-14(8-5-9-15)10-12-7-4-6-11(2)13-12/h4,6-7,15H,3,5,8-10H2,1-2H3. The van der Waals surface area contributed by atoms with E-state index in [-0.39, 0.29) is 6.61 Å². The van der Waals surface area contributed by atoms with E-state index in [0.717, 1.165) is 37.4 Å². The summed E-state index contributed by atoms with van der Waals surface area (Å²) < 4.78 is 0. The maximum absolute atomic E-state index is 8.78. The Kier molecular flexibility index (Phi) is 5.29. The van der Waals surface area contributed by atoms with Crippen LogP contribution in [0.2, 0.25) is 0 Å². The van der Waals surface area contributed by atoms with Gasteiger partial charge in [-0.3, -0.25) is 9.88 Å². The van der Waals surface area contributed by atoms with Gasteiger partial charge in [-0.25, -0.2) is 0 Å². The monoisotopic (exact) mass is 208 g/mol. The molecular formula is C12H20N2O. The number of aryl methyl sites for hydroxylation is 1. The van der Waals surface area contributed by atoms with Crippen molar-refractivity contribution in [2.75, 3.05) is 19.7 Å². The van der Waals surface area contributed by atoms with Gasteiger partial charge in [0.25, 0.3) is 0 Å². The minimum absolute atomic E-state index is 0.262. The molecule has 1 aromatic heterocycles. The second kappa shape index (κ2) is 6.53. The molecule has 0 amide bonds. The fourth-order valence-electron chi connectivity index (χ4n) is 1.56. The molecule has 0 aliphatic heterocycles. The van der Waals surface area contributed by atoms with Crippen LogP contribution in [0, 0.1) is 6.92 Å². The number of rotatable bonds is 6. The maximum Gasteiger partial charge on any atom is 0.0547 e. The van der Waals surface area contributed by atoms with Gasteiger partial charge in [-0.1, -0.05) is 13.0 Å². The van der Waals surface area contributed by atoms with Crippen molar-refractivity contribution in [1.29, 1.82) is 0 Å². The lowest BCUT2D eigenvalue weighted by molar-refractivity contribution is 0.224. The highest BCUT2D eigenvalue weighted by Gasteiger charge is 2.03. The van der Waals surface area contributed by atoms with Crippen LogP contribution in [0.5, 0.6) is 0 Å². The van der Waals surface area contributed by atoms with Crippen molar-refractivity contribution in [3.05, 3.63) is 29.6 Å². The number of aliphatic hydroxyl groups excluding tert-OH is 1. The van der Waals surface area contributed by atoms with Crippen molar-refractivity contribution in [1.82, 2.24) is 9.88 Å². The molecule has 0 atom stereocenters. The largest absolute Gasteiger partial charge is 0.396 e. The van der Waals surface area contributed by atoms with E-state index in [1.165, 1.54) is 0 Å². The molecule has 0 spiro atoms. The fourth-order valence-corrected chi connectivity index (χ4v) is 1.56. The van der Waals surface area contributed by atoms with Crippen molar-refractivity contribution in [3.63, 3.8) is 0 Å². The third kappa shape index (κ3) is 4.40. The average molecular weight is 208 g/mol. The molecule has 1 N–H and O–H groups in total. The summed E-state index contributed by atoms with van der Waals surface area (Å²) in [6, 6.07) is 6.10. The van der Waals surface area contributed by atoms with Crippen LogP contribution in [0.1, 0.15) is 24.7 Å². The van der Waals surface area contributed by atoms with Crippen LogP contribution in [0.25, 0.3) is 0 Å². The summed E-state index contributed by atoms with van der Waals surface area (Å²) in [4.78, 5) is 6.75. The smallest absolute Gasteiger partial charge is 0.0547 e. The number of hydrogen-bond acceptors (Lipinski definition) is 3. The lowest BCUT2D eigenvalue weighted by atomic mass is 10.3. The molecule has 3 heteroatoms. The van der Waals surface area contributed by atoms with E-state index in [1.54, 1.807) is 0 Å². The van der Waals surface area contributed by atoms with Crippen LogP contribution < -0.4 is 0 Å². The summed E-state index contributed by atoms with van der Waals surface area (Å²) in [5.41, 5.74) is 2.17. The molecule has 0 bridgehead atoms. The van der Waals surface area contributed by atoms with Gasteiger partial charge in [-0.05, 0) is 32.0 Å². The average Bonchev–Trinajstić information content (AvgIpc) is 2.24. The molecule has 0 aliphatic rings. The molecule has 3 nitrogen and oxygen atoms in total. The quantitative estimate of drug-likeness (QED) is 0.771. The van der Waals surface area contributed by atoms with Gasteiger partial charge in [0.15, 0.2) is 0 Å². The molecule has 0 unspecified atom stereocenters. The van der Waals surface area contributed by atoms with Gasteiger partial charge in [0.05, 0.1) is 5.69 Å². The Labute approximate surface area is 91.8 Å².